The van der Waals surface area contributed by atoms with Gasteiger partial charge in [-0.25, -0.2) is 4.68 Å². The number of aryl methyl sites for hydroxylation is 2. The summed E-state index contributed by atoms with van der Waals surface area (Å²) in [6, 6.07) is 6.92. The Kier molecular flexibility index (Phi) is 15.3. The lowest BCUT2D eigenvalue weighted by Gasteiger charge is -2.25. The first-order chi connectivity index (χ1) is 22.9. The van der Waals surface area contributed by atoms with Crippen LogP contribution in [-0.2, 0) is 36.9 Å². The van der Waals surface area contributed by atoms with Crippen molar-refractivity contribution in [3.63, 3.8) is 0 Å². The van der Waals surface area contributed by atoms with Gasteiger partial charge in [0.25, 0.3) is 5.91 Å². The van der Waals surface area contributed by atoms with Crippen molar-refractivity contribution in [2.75, 3.05) is 39.4 Å². The van der Waals surface area contributed by atoms with Crippen molar-refractivity contribution in [1.29, 1.82) is 0 Å². The van der Waals surface area contributed by atoms with Gasteiger partial charge in [0.05, 0.1) is 24.5 Å². The molecule has 3 rings (SSSR count). The second-order valence-electron chi connectivity index (χ2n) is 12.5. The lowest BCUT2D eigenvalue weighted by molar-refractivity contribution is -0.130. The maximum atomic E-state index is 12.7. The number of ether oxygens (including phenoxy) is 2. The average Bonchev–Trinajstić information content (AvgIpc) is 3.41. The minimum Gasteiger partial charge on any atom is -0.494 e. The van der Waals surface area contributed by atoms with Gasteiger partial charge < -0.3 is 36.1 Å². The molecule has 2 aromatic rings. The Morgan fingerprint density at radius 3 is 2.38 bits per heavy atom. The SMILES string of the molecule is CC(=O)NCCNC(=O)CNC(=O)COC1CCCCCc2nnn(CCCNC(=O)c3ccc(OCCC(C)(C)NC(C)=O)cc3)c21. The number of benzene rings is 1. The van der Waals surface area contributed by atoms with Gasteiger partial charge in [0, 0.05) is 57.5 Å². The van der Waals surface area contributed by atoms with E-state index in [0.29, 0.717) is 56.8 Å². The minimum absolute atomic E-state index is 0.0871. The lowest BCUT2D eigenvalue weighted by atomic mass is 9.98. The number of fused-ring (bicyclic) bond motifs is 1. The Bertz CT molecular complexity index is 1380. The van der Waals surface area contributed by atoms with Crippen LogP contribution in [-0.4, -0.2) is 89.5 Å². The standard InChI is InChI=1S/C33H50N8O7/c1-23(42)34-17-18-35-29(44)21-37-30(45)22-48-28-10-7-5-6-9-27-31(28)41(40-39-27)19-8-16-36-32(46)25-11-13-26(14-12-25)47-20-15-33(3,4)38-24(2)43/h11-14,28H,5-10,15-22H2,1-4H3,(H,34,42)(H,35,44)(H,36,46)(H,37,45)(H,38,43). The second-order valence-corrected chi connectivity index (χ2v) is 12.5. The van der Waals surface area contributed by atoms with E-state index in [0.717, 1.165) is 37.1 Å². The number of aromatic nitrogens is 3. The summed E-state index contributed by atoms with van der Waals surface area (Å²) >= 11 is 0. The monoisotopic (exact) mass is 670 g/mol. The Morgan fingerprint density at radius 1 is 0.896 bits per heavy atom. The molecule has 5 amide bonds. The summed E-state index contributed by atoms with van der Waals surface area (Å²) in [7, 11) is 0. The number of nitrogens with zero attached hydrogens (tertiary/aromatic N) is 3. The van der Waals surface area contributed by atoms with Gasteiger partial charge >= 0.3 is 0 Å². The summed E-state index contributed by atoms with van der Waals surface area (Å²) in [5.74, 6) is -0.603. The molecule has 15 heteroatoms. The van der Waals surface area contributed by atoms with E-state index in [4.69, 9.17) is 9.47 Å². The van der Waals surface area contributed by atoms with Crippen LogP contribution in [0.2, 0.25) is 0 Å². The predicted molar refractivity (Wildman–Crippen MR) is 177 cm³/mol. The molecule has 1 heterocycles. The Hall–Kier alpha value is -4.53. The molecule has 1 unspecified atom stereocenters. The van der Waals surface area contributed by atoms with Crippen molar-refractivity contribution in [2.24, 2.45) is 0 Å². The third-order valence-corrected chi connectivity index (χ3v) is 7.67. The molecule has 0 fully saturated rings. The highest BCUT2D eigenvalue weighted by atomic mass is 16.5. The fraction of sp³-hybridized carbons (Fsp3) is 0.606. The lowest BCUT2D eigenvalue weighted by Crippen LogP contribution is -2.43. The minimum atomic E-state index is -0.414. The third-order valence-electron chi connectivity index (χ3n) is 7.67. The summed E-state index contributed by atoms with van der Waals surface area (Å²) in [6.45, 7) is 8.27. The van der Waals surface area contributed by atoms with E-state index < -0.39 is 5.91 Å². The van der Waals surface area contributed by atoms with Crippen molar-refractivity contribution in [2.45, 2.75) is 90.8 Å². The smallest absolute Gasteiger partial charge is 0.251 e. The van der Waals surface area contributed by atoms with Gasteiger partial charge in [-0.2, -0.15) is 0 Å². The van der Waals surface area contributed by atoms with Crippen LogP contribution in [0.4, 0.5) is 0 Å². The number of hydrogen-bond acceptors (Lipinski definition) is 9. The molecule has 264 valence electrons. The van der Waals surface area contributed by atoms with E-state index in [-0.39, 0.29) is 55.0 Å². The van der Waals surface area contributed by atoms with Crippen LogP contribution in [0.3, 0.4) is 0 Å². The van der Waals surface area contributed by atoms with Crippen LogP contribution in [0, 0.1) is 0 Å². The molecule has 0 aliphatic heterocycles. The maximum absolute atomic E-state index is 12.7. The van der Waals surface area contributed by atoms with Gasteiger partial charge in [-0.05, 0) is 63.8 Å². The van der Waals surface area contributed by atoms with Gasteiger partial charge in [-0.1, -0.05) is 18.1 Å². The average molecular weight is 671 g/mol. The van der Waals surface area contributed by atoms with Crippen molar-refractivity contribution < 1.29 is 33.4 Å². The van der Waals surface area contributed by atoms with Gasteiger partial charge in [-0.15, -0.1) is 5.10 Å². The molecule has 1 aromatic heterocycles. The molecule has 5 N–H and O–H groups in total. The first-order valence-corrected chi connectivity index (χ1v) is 16.5. The summed E-state index contributed by atoms with van der Waals surface area (Å²) in [4.78, 5) is 59.4. The molecule has 0 saturated carbocycles. The van der Waals surface area contributed by atoms with Crippen molar-refractivity contribution in [3.8, 4) is 5.75 Å². The highest BCUT2D eigenvalue weighted by Crippen LogP contribution is 2.29. The molecule has 0 radical (unpaired) electrons. The zero-order chi connectivity index (χ0) is 34.9. The molecular weight excluding hydrogens is 620 g/mol. The molecule has 1 atom stereocenters. The van der Waals surface area contributed by atoms with Gasteiger partial charge in [0.2, 0.25) is 23.6 Å². The van der Waals surface area contributed by atoms with Crippen LogP contribution >= 0.6 is 0 Å². The van der Waals surface area contributed by atoms with E-state index >= 15 is 0 Å². The zero-order valence-corrected chi connectivity index (χ0v) is 28.5. The van der Waals surface area contributed by atoms with E-state index in [1.165, 1.54) is 13.8 Å². The highest BCUT2D eigenvalue weighted by molar-refractivity contribution is 5.94. The molecule has 48 heavy (non-hydrogen) atoms. The molecule has 1 aromatic carbocycles. The number of nitrogens with one attached hydrogen (secondary N) is 5. The maximum Gasteiger partial charge on any atom is 0.251 e. The second kappa shape index (κ2) is 19.3. The third kappa shape index (κ3) is 13.7. The Balaban J connectivity index is 1.44. The number of amides is 5. The van der Waals surface area contributed by atoms with E-state index in [2.05, 4.69) is 36.9 Å². The molecule has 0 spiro atoms. The largest absolute Gasteiger partial charge is 0.494 e. The quantitative estimate of drug-likeness (QED) is 0.145. The van der Waals surface area contributed by atoms with Gasteiger partial charge in [-0.3, -0.25) is 24.0 Å². The van der Waals surface area contributed by atoms with Gasteiger partial charge in [0.1, 0.15) is 18.5 Å². The zero-order valence-electron chi connectivity index (χ0n) is 28.5. The van der Waals surface area contributed by atoms with E-state index in [1.807, 2.05) is 13.8 Å². The van der Waals surface area contributed by atoms with Crippen LogP contribution in [0.15, 0.2) is 24.3 Å². The fourth-order valence-electron chi connectivity index (χ4n) is 5.26. The first-order valence-electron chi connectivity index (χ1n) is 16.5. The Morgan fingerprint density at radius 2 is 1.65 bits per heavy atom. The number of rotatable bonds is 18. The summed E-state index contributed by atoms with van der Waals surface area (Å²) < 4.78 is 13.6. The summed E-state index contributed by atoms with van der Waals surface area (Å²) in [5.41, 5.74) is 1.84. The molecule has 0 bridgehead atoms. The molecule has 15 nitrogen and oxygen atoms in total. The normalized spacial score (nSPS) is 14.5. The van der Waals surface area contributed by atoms with Crippen molar-refractivity contribution in [3.05, 3.63) is 41.2 Å². The Labute approximate surface area is 281 Å². The van der Waals surface area contributed by atoms with Crippen LogP contribution in [0.5, 0.6) is 5.75 Å². The van der Waals surface area contributed by atoms with Crippen molar-refractivity contribution >= 4 is 29.5 Å². The molecule has 1 aliphatic rings. The predicted octanol–water partition coefficient (Wildman–Crippen LogP) is 1.32. The van der Waals surface area contributed by atoms with Crippen molar-refractivity contribution in [1.82, 2.24) is 41.6 Å². The van der Waals surface area contributed by atoms with Gasteiger partial charge in [0.15, 0.2) is 0 Å². The highest BCUT2D eigenvalue weighted by Gasteiger charge is 2.26. The molecule has 0 saturated heterocycles. The molecular formula is C33H50N8O7. The van der Waals surface area contributed by atoms with E-state index in [1.54, 1.807) is 28.9 Å². The number of carbonyl (C=O) groups excluding carboxylic acids is 5. The fourth-order valence-corrected chi connectivity index (χ4v) is 5.26. The van der Waals surface area contributed by atoms with Crippen LogP contribution in [0.25, 0.3) is 0 Å². The van der Waals surface area contributed by atoms with E-state index in [9.17, 15) is 24.0 Å². The number of hydrogen-bond donors (Lipinski definition) is 5. The van der Waals surface area contributed by atoms with Crippen LogP contribution in [0.1, 0.15) is 94.1 Å². The summed E-state index contributed by atoms with van der Waals surface area (Å²) in [5, 5.41) is 22.3. The molecule has 1 aliphatic carbocycles. The first kappa shape index (κ1) is 37.9. The summed E-state index contributed by atoms with van der Waals surface area (Å²) in [6.07, 6.45) is 5.29. The van der Waals surface area contributed by atoms with Crippen LogP contribution < -0.4 is 31.3 Å². The number of carbonyl (C=O) groups is 5. The topological polar surface area (TPSA) is 195 Å².